The van der Waals surface area contributed by atoms with Gasteiger partial charge < -0.3 is 15.0 Å². The van der Waals surface area contributed by atoms with Crippen molar-refractivity contribution in [2.75, 3.05) is 31.6 Å². The fourth-order valence-corrected chi connectivity index (χ4v) is 1.88. The van der Waals surface area contributed by atoms with Crippen molar-refractivity contribution in [3.05, 3.63) is 11.8 Å². The van der Waals surface area contributed by atoms with Crippen molar-refractivity contribution in [2.45, 2.75) is 19.9 Å². The van der Waals surface area contributed by atoms with Crippen molar-refractivity contribution in [1.29, 1.82) is 0 Å². The Morgan fingerprint density at radius 2 is 2.31 bits per heavy atom. The number of hydrogen-bond acceptors (Lipinski definition) is 5. The van der Waals surface area contributed by atoms with Crippen LogP contribution in [0.4, 0.5) is 5.95 Å². The van der Waals surface area contributed by atoms with Crippen LogP contribution in [-0.4, -0.2) is 42.8 Å². The van der Waals surface area contributed by atoms with E-state index in [9.17, 15) is 0 Å². The van der Waals surface area contributed by atoms with Gasteiger partial charge in [0.2, 0.25) is 11.8 Å². The molecule has 1 aromatic heterocycles. The van der Waals surface area contributed by atoms with Gasteiger partial charge in [-0.1, -0.05) is 0 Å². The molecule has 5 nitrogen and oxygen atoms in total. The Morgan fingerprint density at radius 1 is 1.50 bits per heavy atom. The number of nitrogens with one attached hydrogen (secondary N) is 1. The molecule has 1 aromatic rings. The minimum atomic E-state index is 0.476. The van der Waals surface area contributed by atoms with Gasteiger partial charge in [0.1, 0.15) is 0 Å². The van der Waals surface area contributed by atoms with Crippen LogP contribution in [0.5, 0.6) is 5.88 Å². The first-order valence-electron chi connectivity index (χ1n) is 5.57. The largest absolute Gasteiger partial charge is 0.481 e. The summed E-state index contributed by atoms with van der Waals surface area (Å²) in [7, 11) is 1.63. The molecule has 0 spiro atoms. The highest BCUT2D eigenvalue weighted by Crippen LogP contribution is 2.16. The van der Waals surface area contributed by atoms with Crippen molar-refractivity contribution >= 4 is 5.95 Å². The van der Waals surface area contributed by atoms with Crippen LogP contribution in [0, 0.1) is 6.92 Å². The van der Waals surface area contributed by atoms with E-state index in [0.29, 0.717) is 11.9 Å². The first-order valence-corrected chi connectivity index (χ1v) is 5.57. The van der Waals surface area contributed by atoms with E-state index in [4.69, 9.17) is 4.74 Å². The van der Waals surface area contributed by atoms with E-state index in [1.807, 2.05) is 13.0 Å². The Bertz CT molecular complexity index is 369. The van der Waals surface area contributed by atoms with Crippen molar-refractivity contribution in [2.24, 2.45) is 0 Å². The molecule has 1 N–H and O–H groups in total. The molecule has 2 rings (SSSR count). The lowest BCUT2D eigenvalue weighted by Gasteiger charge is -2.32. The zero-order chi connectivity index (χ0) is 11.5. The fourth-order valence-electron chi connectivity index (χ4n) is 1.88. The van der Waals surface area contributed by atoms with Crippen LogP contribution in [0.1, 0.15) is 12.6 Å². The van der Waals surface area contributed by atoms with Gasteiger partial charge in [-0.2, -0.15) is 4.98 Å². The predicted molar refractivity (Wildman–Crippen MR) is 63.0 cm³/mol. The molecule has 2 heterocycles. The maximum absolute atomic E-state index is 5.16. The van der Waals surface area contributed by atoms with E-state index >= 15 is 0 Å². The summed E-state index contributed by atoms with van der Waals surface area (Å²) in [5, 5.41) is 3.40. The summed E-state index contributed by atoms with van der Waals surface area (Å²) in [5.74, 6) is 1.40. The summed E-state index contributed by atoms with van der Waals surface area (Å²) in [4.78, 5) is 11.0. The van der Waals surface area contributed by atoms with Gasteiger partial charge in [-0.15, -0.1) is 0 Å². The van der Waals surface area contributed by atoms with Gasteiger partial charge in [-0.05, 0) is 13.8 Å². The number of hydrogen-bond donors (Lipinski definition) is 1. The second kappa shape index (κ2) is 4.65. The minimum Gasteiger partial charge on any atom is -0.481 e. The summed E-state index contributed by atoms with van der Waals surface area (Å²) >= 11 is 0. The Morgan fingerprint density at radius 3 is 3.00 bits per heavy atom. The SMILES string of the molecule is COc1cc(C)nc(N2CCN[C@@H](C)C2)n1. The molecule has 16 heavy (non-hydrogen) atoms. The third kappa shape index (κ3) is 2.41. The number of rotatable bonds is 2. The Balaban J connectivity index is 2.21. The van der Waals surface area contributed by atoms with Crippen LogP contribution in [0.15, 0.2) is 6.07 Å². The Hall–Kier alpha value is -1.36. The average molecular weight is 222 g/mol. The van der Waals surface area contributed by atoms with Crippen LogP contribution < -0.4 is 15.0 Å². The summed E-state index contributed by atoms with van der Waals surface area (Å²) < 4.78 is 5.16. The Kier molecular flexibility index (Phi) is 3.24. The van der Waals surface area contributed by atoms with Crippen molar-refractivity contribution in [1.82, 2.24) is 15.3 Å². The van der Waals surface area contributed by atoms with Crippen molar-refractivity contribution in [3.63, 3.8) is 0 Å². The number of piperazine rings is 1. The van der Waals surface area contributed by atoms with Gasteiger partial charge in [0.05, 0.1) is 7.11 Å². The van der Waals surface area contributed by atoms with E-state index in [1.165, 1.54) is 0 Å². The normalized spacial score (nSPS) is 20.9. The van der Waals surface area contributed by atoms with E-state index in [1.54, 1.807) is 7.11 Å². The smallest absolute Gasteiger partial charge is 0.228 e. The standard InChI is InChI=1S/C11H18N4O/c1-8-6-10(16-3)14-11(13-8)15-5-4-12-9(2)7-15/h6,9,12H,4-5,7H2,1-3H3/t9-/m0/s1. The Labute approximate surface area is 95.8 Å². The number of methoxy groups -OCH3 is 1. The van der Waals surface area contributed by atoms with Gasteiger partial charge in [-0.3, -0.25) is 0 Å². The highest BCUT2D eigenvalue weighted by Gasteiger charge is 2.18. The maximum Gasteiger partial charge on any atom is 0.228 e. The van der Waals surface area contributed by atoms with E-state index in [-0.39, 0.29) is 0 Å². The van der Waals surface area contributed by atoms with Gasteiger partial charge in [0.15, 0.2) is 0 Å². The summed E-state index contributed by atoms with van der Waals surface area (Å²) in [5.41, 5.74) is 0.938. The molecule has 1 fully saturated rings. The number of aryl methyl sites for hydroxylation is 1. The van der Waals surface area contributed by atoms with E-state index in [0.717, 1.165) is 31.3 Å². The van der Waals surface area contributed by atoms with Crippen LogP contribution >= 0.6 is 0 Å². The maximum atomic E-state index is 5.16. The first kappa shape index (κ1) is 11.1. The van der Waals surface area contributed by atoms with Crippen LogP contribution in [0.2, 0.25) is 0 Å². The van der Waals surface area contributed by atoms with Gasteiger partial charge in [0.25, 0.3) is 0 Å². The van der Waals surface area contributed by atoms with Crippen molar-refractivity contribution in [3.8, 4) is 5.88 Å². The summed E-state index contributed by atoms with van der Waals surface area (Å²) in [6.45, 7) is 6.98. The molecule has 1 saturated heterocycles. The molecule has 1 aliphatic heterocycles. The lowest BCUT2D eigenvalue weighted by atomic mass is 10.2. The van der Waals surface area contributed by atoms with Gasteiger partial charge in [-0.25, -0.2) is 4.98 Å². The fraction of sp³-hybridized carbons (Fsp3) is 0.636. The second-order valence-corrected chi connectivity index (χ2v) is 4.15. The summed E-state index contributed by atoms with van der Waals surface area (Å²) in [6.07, 6.45) is 0. The van der Waals surface area contributed by atoms with E-state index in [2.05, 4.69) is 27.1 Å². The number of nitrogens with zero attached hydrogens (tertiary/aromatic N) is 3. The number of anilines is 1. The average Bonchev–Trinajstić information content (AvgIpc) is 2.28. The summed E-state index contributed by atoms with van der Waals surface area (Å²) in [6, 6.07) is 2.32. The molecular weight excluding hydrogens is 204 g/mol. The molecule has 0 unspecified atom stereocenters. The molecule has 0 saturated carbocycles. The molecule has 0 aliphatic carbocycles. The minimum absolute atomic E-state index is 0.476. The zero-order valence-electron chi connectivity index (χ0n) is 10.0. The molecule has 0 bridgehead atoms. The lowest BCUT2D eigenvalue weighted by molar-refractivity contribution is 0.394. The molecule has 0 radical (unpaired) electrons. The third-order valence-corrected chi connectivity index (χ3v) is 2.68. The van der Waals surface area contributed by atoms with E-state index < -0.39 is 0 Å². The zero-order valence-corrected chi connectivity index (χ0v) is 10.0. The van der Waals surface area contributed by atoms with Gasteiger partial charge in [0, 0.05) is 37.4 Å². The molecular formula is C11H18N4O. The molecule has 0 amide bonds. The first-order chi connectivity index (χ1) is 7.69. The monoisotopic (exact) mass is 222 g/mol. The predicted octanol–water partition coefficient (Wildman–Crippen LogP) is 0.592. The highest BCUT2D eigenvalue weighted by atomic mass is 16.5. The molecule has 88 valence electrons. The van der Waals surface area contributed by atoms with Crippen LogP contribution in [0.3, 0.4) is 0 Å². The van der Waals surface area contributed by atoms with Gasteiger partial charge >= 0.3 is 0 Å². The number of aromatic nitrogens is 2. The lowest BCUT2D eigenvalue weighted by Crippen LogP contribution is -2.49. The molecule has 5 heteroatoms. The van der Waals surface area contributed by atoms with Crippen molar-refractivity contribution < 1.29 is 4.74 Å². The van der Waals surface area contributed by atoms with Crippen LogP contribution in [0.25, 0.3) is 0 Å². The molecule has 1 aliphatic rings. The molecule has 0 aromatic carbocycles. The molecule has 1 atom stereocenters. The van der Waals surface area contributed by atoms with Crippen LogP contribution in [-0.2, 0) is 0 Å². The quantitative estimate of drug-likeness (QED) is 0.793. The third-order valence-electron chi connectivity index (χ3n) is 2.68. The number of ether oxygens (including phenoxy) is 1. The highest BCUT2D eigenvalue weighted by molar-refractivity contribution is 5.35. The second-order valence-electron chi connectivity index (χ2n) is 4.15. The topological polar surface area (TPSA) is 50.3 Å².